The van der Waals surface area contributed by atoms with Crippen LogP contribution in [0.3, 0.4) is 0 Å². The summed E-state index contributed by atoms with van der Waals surface area (Å²) in [5.74, 6) is -1.35. The third kappa shape index (κ3) is 3.32. The van der Waals surface area contributed by atoms with Crippen molar-refractivity contribution in [3.63, 3.8) is 0 Å². The third-order valence-corrected chi connectivity index (χ3v) is 3.23. The summed E-state index contributed by atoms with van der Waals surface area (Å²) < 4.78 is 5.17. The highest BCUT2D eigenvalue weighted by molar-refractivity contribution is 5.87. The van der Waals surface area contributed by atoms with Crippen LogP contribution in [0, 0.1) is 5.92 Å². The van der Waals surface area contributed by atoms with Crippen LogP contribution in [-0.2, 0) is 14.3 Å². The van der Waals surface area contributed by atoms with Crippen LogP contribution in [0.2, 0.25) is 0 Å². The minimum Gasteiger partial charge on any atom is -0.480 e. The first kappa shape index (κ1) is 13.5. The number of carbonyl (C=O) groups is 2. The number of methoxy groups -OCH3 is 1. The summed E-state index contributed by atoms with van der Waals surface area (Å²) in [6.07, 6.45) is 0.919. The van der Waals surface area contributed by atoms with Crippen molar-refractivity contribution in [3.05, 3.63) is 35.9 Å². The van der Waals surface area contributed by atoms with Gasteiger partial charge < -0.3 is 15.2 Å². The van der Waals surface area contributed by atoms with Gasteiger partial charge in [0, 0.05) is 7.11 Å². The molecule has 5 heteroatoms. The second-order valence-corrected chi connectivity index (χ2v) is 4.69. The smallest absolute Gasteiger partial charge is 0.326 e. The van der Waals surface area contributed by atoms with E-state index in [0.29, 0.717) is 5.56 Å². The maximum atomic E-state index is 12.1. The first-order chi connectivity index (χ1) is 9.13. The Balaban J connectivity index is 2.06. The number of carboxylic acids is 1. The zero-order valence-corrected chi connectivity index (χ0v) is 10.7. The van der Waals surface area contributed by atoms with Crippen LogP contribution in [0.5, 0.6) is 0 Å². The average Bonchev–Trinajstić information content (AvgIpc) is 3.22. The predicted molar refractivity (Wildman–Crippen MR) is 68.5 cm³/mol. The second-order valence-electron chi connectivity index (χ2n) is 4.69. The molecule has 1 amide bonds. The van der Waals surface area contributed by atoms with Crippen molar-refractivity contribution >= 4 is 11.9 Å². The lowest BCUT2D eigenvalue weighted by Gasteiger charge is -2.19. The van der Waals surface area contributed by atoms with Gasteiger partial charge in [0.15, 0.2) is 6.10 Å². The average molecular weight is 263 g/mol. The van der Waals surface area contributed by atoms with Crippen LogP contribution < -0.4 is 5.32 Å². The van der Waals surface area contributed by atoms with Crippen LogP contribution in [0.25, 0.3) is 0 Å². The molecule has 2 rings (SSSR count). The number of aliphatic carboxylic acids is 1. The number of amides is 1. The van der Waals surface area contributed by atoms with E-state index in [0.717, 1.165) is 12.8 Å². The molecule has 2 unspecified atom stereocenters. The molecule has 0 radical (unpaired) electrons. The number of hydrogen-bond acceptors (Lipinski definition) is 3. The molecule has 0 saturated heterocycles. The van der Waals surface area contributed by atoms with E-state index in [1.165, 1.54) is 7.11 Å². The Morgan fingerprint density at radius 1 is 1.32 bits per heavy atom. The summed E-state index contributed by atoms with van der Waals surface area (Å²) in [4.78, 5) is 23.2. The molecule has 2 N–H and O–H groups in total. The second kappa shape index (κ2) is 5.84. The summed E-state index contributed by atoms with van der Waals surface area (Å²) in [5.41, 5.74) is 0.711. The van der Waals surface area contributed by atoms with Crippen LogP contribution in [0.1, 0.15) is 24.5 Å². The van der Waals surface area contributed by atoms with Crippen LogP contribution in [0.15, 0.2) is 30.3 Å². The van der Waals surface area contributed by atoms with E-state index in [-0.39, 0.29) is 5.92 Å². The molecule has 2 atom stereocenters. The fourth-order valence-corrected chi connectivity index (χ4v) is 2.06. The van der Waals surface area contributed by atoms with E-state index in [1.807, 2.05) is 18.2 Å². The summed E-state index contributed by atoms with van der Waals surface area (Å²) in [5, 5.41) is 11.7. The van der Waals surface area contributed by atoms with Crippen molar-refractivity contribution < 1.29 is 19.4 Å². The lowest BCUT2D eigenvalue weighted by molar-refractivity contribution is -0.144. The van der Waals surface area contributed by atoms with Gasteiger partial charge in [-0.1, -0.05) is 30.3 Å². The number of nitrogens with one attached hydrogen (secondary N) is 1. The van der Waals surface area contributed by atoms with Gasteiger partial charge in [-0.05, 0) is 24.3 Å². The van der Waals surface area contributed by atoms with Gasteiger partial charge >= 0.3 is 5.97 Å². The summed E-state index contributed by atoms with van der Waals surface area (Å²) in [6, 6.07) is 8.21. The van der Waals surface area contributed by atoms with Crippen molar-refractivity contribution in [3.8, 4) is 0 Å². The SMILES string of the molecule is COC(C(=O)NC(C(=O)O)C1CC1)c1ccccc1. The van der Waals surface area contributed by atoms with Gasteiger partial charge in [0.2, 0.25) is 0 Å². The van der Waals surface area contributed by atoms with Gasteiger partial charge in [-0.2, -0.15) is 0 Å². The molecule has 1 saturated carbocycles. The number of carboxylic acid groups (broad SMARTS) is 1. The molecule has 1 fully saturated rings. The monoisotopic (exact) mass is 263 g/mol. The summed E-state index contributed by atoms with van der Waals surface area (Å²) >= 11 is 0. The number of ether oxygens (including phenoxy) is 1. The van der Waals surface area contributed by atoms with Gasteiger partial charge in [0.05, 0.1) is 0 Å². The molecule has 1 aliphatic rings. The molecule has 0 aromatic heterocycles. The van der Waals surface area contributed by atoms with E-state index in [2.05, 4.69) is 5.32 Å². The molecule has 0 spiro atoms. The molecule has 102 valence electrons. The number of rotatable bonds is 6. The Morgan fingerprint density at radius 3 is 2.42 bits per heavy atom. The molecule has 5 nitrogen and oxygen atoms in total. The molecule has 1 aromatic carbocycles. The summed E-state index contributed by atoms with van der Waals surface area (Å²) in [6.45, 7) is 0. The Labute approximate surface area is 111 Å². The van der Waals surface area contributed by atoms with Crippen LogP contribution in [-0.4, -0.2) is 30.1 Å². The van der Waals surface area contributed by atoms with E-state index in [4.69, 9.17) is 9.84 Å². The number of benzene rings is 1. The molecular weight excluding hydrogens is 246 g/mol. The van der Waals surface area contributed by atoms with Gasteiger partial charge in [-0.15, -0.1) is 0 Å². The molecule has 0 heterocycles. The minimum atomic E-state index is -0.987. The maximum Gasteiger partial charge on any atom is 0.326 e. The fourth-order valence-electron chi connectivity index (χ4n) is 2.06. The predicted octanol–water partition coefficient (Wildman–Crippen LogP) is 1.35. The molecule has 1 aliphatic carbocycles. The minimum absolute atomic E-state index is 0.0507. The standard InChI is InChI=1S/C14H17NO4/c1-19-12(10-5-3-2-4-6-10)13(16)15-11(14(17)18)9-7-8-9/h2-6,9,11-12H,7-8H2,1H3,(H,15,16)(H,17,18). The highest BCUT2D eigenvalue weighted by Crippen LogP contribution is 2.33. The van der Waals surface area contributed by atoms with Crippen LogP contribution in [0.4, 0.5) is 0 Å². The molecule has 0 aliphatic heterocycles. The zero-order valence-electron chi connectivity index (χ0n) is 10.7. The van der Waals surface area contributed by atoms with Crippen molar-refractivity contribution in [2.24, 2.45) is 5.92 Å². The van der Waals surface area contributed by atoms with Gasteiger partial charge in [0.1, 0.15) is 6.04 Å². The molecule has 0 bridgehead atoms. The molecular formula is C14H17NO4. The fraction of sp³-hybridized carbons (Fsp3) is 0.429. The first-order valence-corrected chi connectivity index (χ1v) is 6.24. The number of hydrogen-bond donors (Lipinski definition) is 2. The van der Waals surface area contributed by atoms with Crippen molar-refractivity contribution in [2.75, 3.05) is 7.11 Å². The molecule has 19 heavy (non-hydrogen) atoms. The van der Waals surface area contributed by atoms with Gasteiger partial charge in [-0.3, -0.25) is 4.79 Å². The first-order valence-electron chi connectivity index (χ1n) is 6.24. The van der Waals surface area contributed by atoms with Crippen molar-refractivity contribution in [1.29, 1.82) is 0 Å². The maximum absolute atomic E-state index is 12.1. The van der Waals surface area contributed by atoms with Gasteiger partial charge in [0.25, 0.3) is 5.91 Å². The zero-order chi connectivity index (χ0) is 13.8. The third-order valence-electron chi connectivity index (χ3n) is 3.23. The van der Waals surface area contributed by atoms with Crippen LogP contribution >= 0.6 is 0 Å². The molecule has 1 aromatic rings. The Bertz CT molecular complexity index is 456. The highest BCUT2D eigenvalue weighted by atomic mass is 16.5. The quantitative estimate of drug-likeness (QED) is 0.812. The van der Waals surface area contributed by atoms with E-state index < -0.39 is 24.0 Å². The Morgan fingerprint density at radius 2 is 1.95 bits per heavy atom. The lowest BCUT2D eigenvalue weighted by atomic mass is 10.1. The Hall–Kier alpha value is -1.88. The highest BCUT2D eigenvalue weighted by Gasteiger charge is 2.38. The lowest BCUT2D eigenvalue weighted by Crippen LogP contribution is -2.44. The normalized spacial score (nSPS) is 17.5. The van der Waals surface area contributed by atoms with E-state index in [1.54, 1.807) is 12.1 Å². The largest absolute Gasteiger partial charge is 0.480 e. The Kier molecular flexibility index (Phi) is 4.16. The van der Waals surface area contributed by atoms with Crippen molar-refractivity contribution in [2.45, 2.75) is 25.0 Å². The van der Waals surface area contributed by atoms with Gasteiger partial charge in [-0.25, -0.2) is 4.79 Å². The van der Waals surface area contributed by atoms with E-state index >= 15 is 0 Å². The van der Waals surface area contributed by atoms with E-state index in [9.17, 15) is 9.59 Å². The van der Waals surface area contributed by atoms with Crippen molar-refractivity contribution in [1.82, 2.24) is 5.32 Å². The topological polar surface area (TPSA) is 75.6 Å². The summed E-state index contributed by atoms with van der Waals surface area (Å²) in [7, 11) is 1.43. The number of carbonyl (C=O) groups excluding carboxylic acids is 1.